The molecule has 0 aliphatic heterocycles. The van der Waals surface area contributed by atoms with Crippen molar-refractivity contribution >= 4 is 17.9 Å². The summed E-state index contributed by atoms with van der Waals surface area (Å²) in [5.74, 6) is -0.497. The molecule has 1 saturated carbocycles. The molecule has 0 saturated heterocycles. The third-order valence-corrected chi connectivity index (χ3v) is 3.78. The lowest BCUT2D eigenvalue weighted by Crippen LogP contribution is -2.31. The van der Waals surface area contributed by atoms with Gasteiger partial charge >= 0.3 is 0 Å². The summed E-state index contributed by atoms with van der Waals surface area (Å²) in [5.41, 5.74) is 6.41. The maximum absolute atomic E-state index is 11.7. The topological polar surface area (TPSA) is 92.4 Å². The van der Waals surface area contributed by atoms with Crippen molar-refractivity contribution < 1.29 is 14.7 Å². The van der Waals surface area contributed by atoms with E-state index in [0.29, 0.717) is 12.1 Å². The number of benzene rings is 1. The van der Waals surface area contributed by atoms with Crippen LogP contribution in [-0.2, 0) is 4.79 Å². The molecule has 1 fully saturated rings. The molecule has 4 N–H and O–H groups in total. The Kier molecular flexibility index (Phi) is 5.11. The predicted octanol–water partition coefficient (Wildman–Crippen LogP) is 1.08. The Morgan fingerprint density at radius 3 is 2.57 bits per heavy atom. The quantitative estimate of drug-likeness (QED) is 0.708. The summed E-state index contributed by atoms with van der Waals surface area (Å²) in [6, 6.07) is 6.69. The van der Waals surface area contributed by atoms with E-state index in [2.05, 4.69) is 5.32 Å². The molecule has 1 aromatic rings. The Morgan fingerprint density at radius 2 is 2.00 bits per heavy atom. The maximum Gasteiger partial charge on any atom is 0.248 e. The number of nitrogens with one attached hydrogen (secondary N) is 1. The van der Waals surface area contributed by atoms with Crippen molar-refractivity contribution in [2.75, 3.05) is 6.54 Å². The number of rotatable bonds is 5. The highest BCUT2D eigenvalue weighted by Gasteiger charge is 2.24. The van der Waals surface area contributed by atoms with Gasteiger partial charge in [-0.2, -0.15) is 0 Å². The summed E-state index contributed by atoms with van der Waals surface area (Å²) in [6.45, 7) is 0.505. The van der Waals surface area contributed by atoms with Crippen molar-refractivity contribution in [1.29, 1.82) is 0 Å². The summed E-state index contributed by atoms with van der Waals surface area (Å²) in [7, 11) is 0. The van der Waals surface area contributed by atoms with E-state index in [9.17, 15) is 14.7 Å². The Morgan fingerprint density at radius 1 is 1.29 bits per heavy atom. The fourth-order valence-electron chi connectivity index (χ4n) is 2.48. The SMILES string of the molecule is NC(=O)c1ccc(C=CC(=O)NCC2CCCC2O)cc1. The van der Waals surface area contributed by atoms with Gasteiger partial charge in [-0.05, 0) is 36.6 Å². The zero-order chi connectivity index (χ0) is 15.2. The van der Waals surface area contributed by atoms with Crippen LogP contribution in [0.15, 0.2) is 30.3 Å². The van der Waals surface area contributed by atoms with E-state index in [1.54, 1.807) is 30.3 Å². The molecule has 2 rings (SSSR count). The fourth-order valence-corrected chi connectivity index (χ4v) is 2.48. The highest BCUT2D eigenvalue weighted by molar-refractivity contribution is 5.94. The van der Waals surface area contributed by atoms with E-state index in [4.69, 9.17) is 5.73 Å². The molecule has 0 aromatic heterocycles. The lowest BCUT2D eigenvalue weighted by Gasteiger charge is -2.13. The molecule has 5 heteroatoms. The van der Waals surface area contributed by atoms with Gasteiger partial charge in [0.1, 0.15) is 0 Å². The molecule has 0 radical (unpaired) electrons. The van der Waals surface area contributed by atoms with Crippen LogP contribution in [0.2, 0.25) is 0 Å². The minimum atomic E-state index is -0.474. The molecule has 1 aromatic carbocycles. The normalized spacial score (nSPS) is 21.6. The number of hydrogen-bond donors (Lipinski definition) is 3. The molecule has 112 valence electrons. The molecule has 2 atom stereocenters. The van der Waals surface area contributed by atoms with Crippen LogP contribution in [0.4, 0.5) is 0 Å². The van der Waals surface area contributed by atoms with Crippen LogP contribution < -0.4 is 11.1 Å². The molecular formula is C16H20N2O3. The van der Waals surface area contributed by atoms with Gasteiger partial charge in [-0.3, -0.25) is 9.59 Å². The van der Waals surface area contributed by atoms with E-state index in [1.165, 1.54) is 6.08 Å². The van der Waals surface area contributed by atoms with E-state index >= 15 is 0 Å². The van der Waals surface area contributed by atoms with Crippen molar-refractivity contribution in [3.8, 4) is 0 Å². The Balaban J connectivity index is 1.82. The Labute approximate surface area is 123 Å². The molecule has 21 heavy (non-hydrogen) atoms. The zero-order valence-electron chi connectivity index (χ0n) is 11.8. The second-order valence-corrected chi connectivity index (χ2v) is 5.32. The van der Waals surface area contributed by atoms with E-state index < -0.39 is 5.91 Å². The van der Waals surface area contributed by atoms with Gasteiger partial charge in [0, 0.05) is 24.1 Å². The standard InChI is InChI=1S/C16H20N2O3/c17-16(21)12-7-4-11(5-8-12)6-9-15(20)18-10-13-2-1-3-14(13)19/h4-9,13-14,19H,1-3,10H2,(H2,17,21)(H,18,20). The third-order valence-electron chi connectivity index (χ3n) is 3.78. The molecular weight excluding hydrogens is 268 g/mol. The number of aliphatic hydroxyl groups is 1. The minimum Gasteiger partial charge on any atom is -0.393 e. The highest BCUT2D eigenvalue weighted by Crippen LogP contribution is 2.24. The number of amides is 2. The Bertz CT molecular complexity index is 537. The lowest BCUT2D eigenvalue weighted by atomic mass is 10.1. The molecule has 0 spiro atoms. The zero-order valence-corrected chi connectivity index (χ0v) is 11.8. The number of carbonyl (C=O) groups excluding carboxylic acids is 2. The van der Waals surface area contributed by atoms with Crippen LogP contribution in [-0.4, -0.2) is 29.6 Å². The van der Waals surface area contributed by atoms with Crippen LogP contribution in [0.25, 0.3) is 6.08 Å². The van der Waals surface area contributed by atoms with Crippen molar-refractivity contribution in [2.24, 2.45) is 11.7 Å². The summed E-state index contributed by atoms with van der Waals surface area (Å²) in [5, 5.41) is 12.5. The first-order chi connectivity index (χ1) is 10.1. The summed E-state index contributed by atoms with van der Waals surface area (Å²) >= 11 is 0. The number of primary amides is 1. The number of carbonyl (C=O) groups is 2. The predicted molar refractivity (Wildman–Crippen MR) is 80.4 cm³/mol. The van der Waals surface area contributed by atoms with Crippen molar-refractivity contribution in [2.45, 2.75) is 25.4 Å². The molecule has 5 nitrogen and oxygen atoms in total. The summed E-state index contributed by atoms with van der Waals surface area (Å²) < 4.78 is 0. The molecule has 0 bridgehead atoms. The van der Waals surface area contributed by atoms with Crippen molar-refractivity contribution in [3.63, 3.8) is 0 Å². The Hall–Kier alpha value is -2.14. The van der Waals surface area contributed by atoms with E-state index in [0.717, 1.165) is 24.8 Å². The van der Waals surface area contributed by atoms with Gasteiger partial charge in [-0.15, -0.1) is 0 Å². The molecule has 1 aliphatic rings. The second kappa shape index (κ2) is 7.04. The number of nitrogens with two attached hydrogens (primary N) is 1. The fraction of sp³-hybridized carbons (Fsp3) is 0.375. The molecule has 1 aliphatic carbocycles. The largest absolute Gasteiger partial charge is 0.393 e. The summed E-state index contributed by atoms with van der Waals surface area (Å²) in [6.07, 6.45) is 5.62. The second-order valence-electron chi connectivity index (χ2n) is 5.32. The van der Waals surface area contributed by atoms with Crippen molar-refractivity contribution in [1.82, 2.24) is 5.32 Å². The van der Waals surface area contributed by atoms with Gasteiger partial charge in [0.15, 0.2) is 0 Å². The third kappa shape index (κ3) is 4.43. The van der Waals surface area contributed by atoms with Crippen LogP contribution >= 0.6 is 0 Å². The first-order valence-corrected chi connectivity index (χ1v) is 7.10. The molecule has 0 heterocycles. The summed E-state index contributed by atoms with van der Waals surface area (Å²) in [4.78, 5) is 22.6. The lowest BCUT2D eigenvalue weighted by molar-refractivity contribution is -0.116. The van der Waals surface area contributed by atoms with Gasteiger partial charge in [-0.25, -0.2) is 0 Å². The average molecular weight is 288 g/mol. The average Bonchev–Trinajstić information content (AvgIpc) is 2.88. The monoisotopic (exact) mass is 288 g/mol. The van der Waals surface area contributed by atoms with Gasteiger partial charge in [0.25, 0.3) is 0 Å². The van der Waals surface area contributed by atoms with Crippen LogP contribution in [0.5, 0.6) is 0 Å². The number of aliphatic hydroxyl groups excluding tert-OH is 1. The smallest absolute Gasteiger partial charge is 0.248 e. The van der Waals surface area contributed by atoms with Crippen molar-refractivity contribution in [3.05, 3.63) is 41.5 Å². The van der Waals surface area contributed by atoms with Gasteiger partial charge in [0.05, 0.1) is 6.10 Å². The molecule has 2 unspecified atom stereocenters. The van der Waals surface area contributed by atoms with E-state index in [-0.39, 0.29) is 17.9 Å². The number of hydrogen-bond acceptors (Lipinski definition) is 3. The van der Waals surface area contributed by atoms with Gasteiger partial charge < -0.3 is 16.2 Å². The highest BCUT2D eigenvalue weighted by atomic mass is 16.3. The van der Waals surface area contributed by atoms with Gasteiger partial charge in [0.2, 0.25) is 11.8 Å². The van der Waals surface area contributed by atoms with Crippen LogP contribution in [0.1, 0.15) is 35.2 Å². The van der Waals surface area contributed by atoms with Gasteiger partial charge in [-0.1, -0.05) is 18.6 Å². The minimum absolute atomic E-state index is 0.164. The first-order valence-electron chi connectivity index (χ1n) is 7.10. The van der Waals surface area contributed by atoms with Crippen LogP contribution in [0.3, 0.4) is 0 Å². The molecule has 2 amide bonds. The maximum atomic E-state index is 11.7. The van der Waals surface area contributed by atoms with E-state index in [1.807, 2.05) is 0 Å². The van der Waals surface area contributed by atoms with Crippen LogP contribution in [0, 0.1) is 5.92 Å². The first kappa shape index (κ1) is 15.3.